The van der Waals surface area contributed by atoms with E-state index in [0.29, 0.717) is 6.42 Å². The maximum atomic E-state index is 10.7. The molecule has 4 nitrogen and oxygen atoms in total. The highest BCUT2D eigenvalue weighted by Gasteiger charge is 2.21. The molecule has 0 heterocycles. The first-order chi connectivity index (χ1) is 8.34. The van der Waals surface area contributed by atoms with E-state index in [1.54, 1.807) is 0 Å². The van der Waals surface area contributed by atoms with Gasteiger partial charge in [-0.2, -0.15) is 0 Å². The molecule has 1 amide bonds. The molecule has 0 spiro atoms. The Bertz CT molecular complexity index is 427. The molecule has 1 aromatic rings. The molecule has 100 valence electrons. The van der Waals surface area contributed by atoms with Crippen molar-refractivity contribution in [1.82, 2.24) is 0 Å². The SMILES string of the molecule is Cc1cc(CO)ccc1CCC(C)(C)OC(N)=O. The lowest BCUT2D eigenvalue weighted by Crippen LogP contribution is -2.31. The lowest BCUT2D eigenvalue weighted by atomic mass is 9.95. The fraction of sp³-hybridized carbons (Fsp3) is 0.500. The van der Waals surface area contributed by atoms with E-state index in [1.807, 2.05) is 39.0 Å². The van der Waals surface area contributed by atoms with Gasteiger partial charge in [-0.3, -0.25) is 0 Å². The summed E-state index contributed by atoms with van der Waals surface area (Å²) >= 11 is 0. The first-order valence-electron chi connectivity index (χ1n) is 6.02. The minimum atomic E-state index is -0.743. The third-order valence-corrected chi connectivity index (χ3v) is 2.96. The summed E-state index contributed by atoms with van der Waals surface area (Å²) in [5.41, 5.74) is 7.70. The van der Waals surface area contributed by atoms with E-state index in [2.05, 4.69) is 0 Å². The predicted octanol–water partition coefficient (Wildman–Crippen LogP) is 2.29. The Kier molecular flexibility index (Phi) is 4.73. The van der Waals surface area contributed by atoms with E-state index in [-0.39, 0.29) is 6.61 Å². The summed E-state index contributed by atoms with van der Waals surface area (Å²) in [5.74, 6) is 0. The fourth-order valence-electron chi connectivity index (χ4n) is 1.90. The van der Waals surface area contributed by atoms with Gasteiger partial charge in [0.05, 0.1) is 6.61 Å². The number of amides is 1. The van der Waals surface area contributed by atoms with Crippen LogP contribution in [0.1, 0.15) is 37.0 Å². The van der Waals surface area contributed by atoms with Crippen LogP contribution in [0, 0.1) is 6.92 Å². The van der Waals surface area contributed by atoms with Gasteiger partial charge in [0.2, 0.25) is 0 Å². The van der Waals surface area contributed by atoms with Crippen molar-refractivity contribution in [2.24, 2.45) is 5.73 Å². The monoisotopic (exact) mass is 251 g/mol. The van der Waals surface area contributed by atoms with Crippen LogP contribution in [-0.2, 0) is 17.8 Å². The Morgan fingerprint density at radius 2 is 2.11 bits per heavy atom. The van der Waals surface area contributed by atoms with Crippen molar-refractivity contribution in [2.75, 3.05) is 0 Å². The summed E-state index contributed by atoms with van der Waals surface area (Å²) in [6.07, 6.45) is 0.764. The molecule has 0 unspecified atom stereocenters. The number of carbonyl (C=O) groups is 1. The molecule has 0 fully saturated rings. The largest absolute Gasteiger partial charge is 0.444 e. The first-order valence-corrected chi connectivity index (χ1v) is 6.02. The predicted molar refractivity (Wildman–Crippen MR) is 70.2 cm³/mol. The van der Waals surface area contributed by atoms with Crippen molar-refractivity contribution < 1.29 is 14.6 Å². The van der Waals surface area contributed by atoms with Gasteiger partial charge in [0.25, 0.3) is 0 Å². The third-order valence-electron chi connectivity index (χ3n) is 2.96. The minimum Gasteiger partial charge on any atom is -0.444 e. The van der Waals surface area contributed by atoms with E-state index in [0.717, 1.165) is 17.5 Å². The van der Waals surface area contributed by atoms with Crippen LogP contribution < -0.4 is 5.73 Å². The van der Waals surface area contributed by atoms with Crippen LogP contribution in [0.4, 0.5) is 4.79 Å². The third kappa shape index (κ3) is 4.37. The Morgan fingerprint density at radius 1 is 1.44 bits per heavy atom. The molecule has 0 aliphatic carbocycles. The number of aryl methyl sites for hydroxylation is 2. The first kappa shape index (κ1) is 14.5. The number of aliphatic hydroxyl groups is 1. The minimum absolute atomic E-state index is 0.0530. The van der Waals surface area contributed by atoms with E-state index in [9.17, 15) is 4.79 Å². The van der Waals surface area contributed by atoms with E-state index in [4.69, 9.17) is 15.6 Å². The van der Waals surface area contributed by atoms with Gasteiger partial charge < -0.3 is 15.6 Å². The smallest absolute Gasteiger partial charge is 0.405 e. The van der Waals surface area contributed by atoms with E-state index in [1.165, 1.54) is 5.56 Å². The van der Waals surface area contributed by atoms with Gasteiger partial charge >= 0.3 is 6.09 Å². The van der Waals surface area contributed by atoms with E-state index >= 15 is 0 Å². The van der Waals surface area contributed by atoms with Crippen LogP contribution in [0.3, 0.4) is 0 Å². The molecular weight excluding hydrogens is 230 g/mol. The number of primary amides is 1. The van der Waals surface area contributed by atoms with Gasteiger partial charge in [0, 0.05) is 0 Å². The van der Waals surface area contributed by atoms with Crippen molar-refractivity contribution in [1.29, 1.82) is 0 Å². The molecule has 0 saturated carbocycles. The van der Waals surface area contributed by atoms with Crippen molar-refractivity contribution in [2.45, 2.75) is 45.8 Å². The lowest BCUT2D eigenvalue weighted by molar-refractivity contribution is 0.0394. The van der Waals surface area contributed by atoms with Crippen LogP contribution in [-0.4, -0.2) is 16.8 Å². The van der Waals surface area contributed by atoms with Gasteiger partial charge in [-0.1, -0.05) is 18.2 Å². The van der Waals surface area contributed by atoms with Gasteiger partial charge in [-0.05, 0) is 50.3 Å². The average molecular weight is 251 g/mol. The molecule has 0 aliphatic rings. The number of hydrogen-bond acceptors (Lipinski definition) is 3. The molecule has 0 bridgehead atoms. The topological polar surface area (TPSA) is 72.6 Å². The molecule has 0 atom stereocenters. The number of benzene rings is 1. The highest BCUT2D eigenvalue weighted by atomic mass is 16.6. The fourth-order valence-corrected chi connectivity index (χ4v) is 1.90. The Morgan fingerprint density at radius 3 is 2.61 bits per heavy atom. The molecule has 1 rings (SSSR count). The summed E-state index contributed by atoms with van der Waals surface area (Å²) in [5, 5.41) is 9.04. The van der Waals surface area contributed by atoms with Gasteiger partial charge in [0.15, 0.2) is 0 Å². The second-order valence-corrected chi connectivity index (χ2v) is 5.10. The van der Waals surface area contributed by atoms with Gasteiger partial charge in [-0.15, -0.1) is 0 Å². The maximum Gasteiger partial charge on any atom is 0.405 e. The zero-order valence-electron chi connectivity index (χ0n) is 11.2. The number of rotatable bonds is 5. The van der Waals surface area contributed by atoms with Crippen molar-refractivity contribution in [3.8, 4) is 0 Å². The lowest BCUT2D eigenvalue weighted by Gasteiger charge is -2.24. The van der Waals surface area contributed by atoms with Crippen LogP contribution in [0.2, 0.25) is 0 Å². The van der Waals surface area contributed by atoms with Gasteiger partial charge in [0.1, 0.15) is 5.60 Å². The molecule has 4 heteroatoms. The molecule has 1 aromatic carbocycles. The Hall–Kier alpha value is -1.55. The van der Waals surface area contributed by atoms with Crippen LogP contribution >= 0.6 is 0 Å². The summed E-state index contributed by atoms with van der Waals surface area (Å²) in [4.78, 5) is 10.7. The summed E-state index contributed by atoms with van der Waals surface area (Å²) in [6, 6.07) is 5.88. The standard InChI is InChI=1S/C14H21NO3/c1-10-8-11(9-16)4-5-12(10)6-7-14(2,3)18-13(15)17/h4-5,8,16H,6-7,9H2,1-3H3,(H2,15,17). The average Bonchev–Trinajstić information content (AvgIpc) is 2.25. The molecule has 3 N–H and O–H groups in total. The summed E-state index contributed by atoms with van der Waals surface area (Å²) in [6.45, 7) is 5.75. The second kappa shape index (κ2) is 5.87. The van der Waals surface area contributed by atoms with Crippen molar-refractivity contribution in [3.05, 3.63) is 34.9 Å². The Balaban J connectivity index is 2.66. The second-order valence-electron chi connectivity index (χ2n) is 5.10. The quantitative estimate of drug-likeness (QED) is 0.843. The number of carbonyl (C=O) groups excluding carboxylic acids is 1. The zero-order chi connectivity index (χ0) is 13.8. The van der Waals surface area contributed by atoms with Crippen molar-refractivity contribution >= 4 is 6.09 Å². The molecule has 0 aromatic heterocycles. The number of hydrogen-bond donors (Lipinski definition) is 2. The van der Waals surface area contributed by atoms with Crippen LogP contribution in [0.5, 0.6) is 0 Å². The van der Waals surface area contributed by atoms with Crippen molar-refractivity contribution in [3.63, 3.8) is 0 Å². The van der Waals surface area contributed by atoms with E-state index < -0.39 is 11.7 Å². The number of aliphatic hydroxyl groups excluding tert-OH is 1. The van der Waals surface area contributed by atoms with Crippen LogP contribution in [0.15, 0.2) is 18.2 Å². The molecule has 0 radical (unpaired) electrons. The number of ether oxygens (including phenoxy) is 1. The maximum absolute atomic E-state index is 10.7. The Labute approximate surface area is 108 Å². The van der Waals surface area contributed by atoms with Crippen LogP contribution in [0.25, 0.3) is 0 Å². The molecular formula is C14H21NO3. The molecule has 18 heavy (non-hydrogen) atoms. The molecule has 0 aliphatic heterocycles. The normalized spacial score (nSPS) is 11.3. The molecule has 0 saturated heterocycles. The highest BCUT2D eigenvalue weighted by molar-refractivity contribution is 5.65. The highest BCUT2D eigenvalue weighted by Crippen LogP contribution is 2.20. The number of nitrogens with two attached hydrogens (primary N) is 1. The summed E-state index contributed by atoms with van der Waals surface area (Å²) < 4.78 is 5.04. The zero-order valence-corrected chi connectivity index (χ0v) is 11.2. The summed E-state index contributed by atoms with van der Waals surface area (Å²) in [7, 11) is 0. The van der Waals surface area contributed by atoms with Gasteiger partial charge in [-0.25, -0.2) is 4.79 Å².